The summed E-state index contributed by atoms with van der Waals surface area (Å²) in [5.41, 5.74) is 22.9. The molecule has 5 heteroatoms. The van der Waals surface area contributed by atoms with Crippen molar-refractivity contribution in [3.8, 4) is 50.4 Å². The minimum Gasteiger partial charge on any atom is -0.309 e. The van der Waals surface area contributed by atoms with Crippen LogP contribution in [0.25, 0.3) is 116 Å². The molecule has 0 spiro atoms. The molecule has 0 bridgehead atoms. The van der Waals surface area contributed by atoms with Crippen molar-refractivity contribution in [1.82, 2.24) is 13.7 Å². The van der Waals surface area contributed by atoms with E-state index >= 15 is 8.78 Å². The summed E-state index contributed by atoms with van der Waals surface area (Å²) in [6, 6.07) is 80.7. The Bertz CT molecular complexity index is 4690. The van der Waals surface area contributed by atoms with E-state index in [9.17, 15) is 0 Å². The Hall–Kier alpha value is -9.32. The topological polar surface area (TPSA) is 14.8 Å². The van der Waals surface area contributed by atoms with Gasteiger partial charge in [0.05, 0.1) is 38.8 Å². The Kier molecular flexibility index (Phi) is 11.2. The molecular weight excluding hydrogens is 981 g/mol. The Morgan fingerprint density at radius 2 is 0.838 bits per heavy atom. The Morgan fingerprint density at radius 1 is 0.375 bits per heavy atom. The third kappa shape index (κ3) is 7.22. The van der Waals surface area contributed by atoms with Crippen molar-refractivity contribution in [2.24, 2.45) is 0 Å². The van der Waals surface area contributed by atoms with Gasteiger partial charge in [0, 0.05) is 43.7 Å². The summed E-state index contributed by atoms with van der Waals surface area (Å²) >= 11 is 0. The van der Waals surface area contributed by atoms with Crippen molar-refractivity contribution in [3.63, 3.8) is 0 Å². The van der Waals surface area contributed by atoms with E-state index in [0.29, 0.717) is 0 Å². The first-order valence-electron chi connectivity index (χ1n) is 28.2. The minimum atomic E-state index is -0.284. The van der Waals surface area contributed by atoms with Crippen LogP contribution in [-0.4, -0.2) is 13.7 Å². The fourth-order valence-corrected chi connectivity index (χ4v) is 14.2. The average molecular weight is 1040 g/mol. The molecule has 15 rings (SSSR count). The zero-order chi connectivity index (χ0) is 53.9. The molecule has 11 aromatic carbocycles. The summed E-state index contributed by atoms with van der Waals surface area (Å²) in [6.07, 6.45) is 1.46. The highest BCUT2D eigenvalue weighted by Gasteiger charge is 2.37. The monoisotopic (exact) mass is 1040 g/mol. The quantitative estimate of drug-likeness (QED) is 0.144. The number of nitrogens with zero attached hydrogens (tertiary/aromatic N) is 3. The summed E-state index contributed by atoms with van der Waals surface area (Å²) in [5, 5.41) is 7.14. The molecule has 3 heterocycles. The molecule has 80 heavy (non-hydrogen) atoms. The van der Waals surface area contributed by atoms with E-state index in [1.54, 1.807) is 24.3 Å². The van der Waals surface area contributed by atoms with Crippen LogP contribution in [0.2, 0.25) is 0 Å². The van der Waals surface area contributed by atoms with Crippen LogP contribution < -0.4 is 0 Å². The van der Waals surface area contributed by atoms with E-state index < -0.39 is 0 Å². The van der Waals surface area contributed by atoms with E-state index in [1.165, 1.54) is 71.4 Å². The summed E-state index contributed by atoms with van der Waals surface area (Å²) in [6.45, 7) is 9.34. The van der Waals surface area contributed by atoms with E-state index in [0.717, 1.165) is 85.1 Å². The minimum absolute atomic E-state index is 0.0226. The van der Waals surface area contributed by atoms with Crippen LogP contribution in [0.1, 0.15) is 73.3 Å². The van der Waals surface area contributed by atoms with Gasteiger partial charge in [0.15, 0.2) is 0 Å². The van der Waals surface area contributed by atoms with Crippen molar-refractivity contribution >= 4 is 65.4 Å². The zero-order valence-electron chi connectivity index (χ0n) is 45.2. The van der Waals surface area contributed by atoms with Crippen molar-refractivity contribution in [2.75, 3.05) is 0 Å². The lowest BCUT2D eigenvalue weighted by Crippen LogP contribution is -2.18. The fraction of sp³-hybridized carbons (Fsp3) is 0.120. The molecule has 3 nitrogen and oxygen atoms in total. The van der Waals surface area contributed by atoms with Gasteiger partial charge in [-0.05, 0) is 171 Å². The molecule has 1 unspecified atom stereocenters. The third-order valence-corrected chi connectivity index (χ3v) is 17.3. The highest BCUT2D eigenvalue weighted by Crippen LogP contribution is 2.55. The molecule has 3 aromatic heterocycles. The molecule has 0 saturated heterocycles. The van der Waals surface area contributed by atoms with Crippen LogP contribution in [0.5, 0.6) is 0 Å². The lowest BCUT2D eigenvalue weighted by atomic mass is 9.72. The lowest BCUT2D eigenvalue weighted by molar-refractivity contribution is 0.627. The van der Waals surface area contributed by atoms with E-state index in [-0.39, 0.29) is 29.4 Å². The molecule has 0 saturated carbocycles. The number of fused-ring (bicyclic) bond motifs is 14. The number of rotatable bonds is 8. The lowest BCUT2D eigenvalue weighted by Gasteiger charge is -2.34. The maximum atomic E-state index is 15.7. The smallest absolute Gasteiger partial charge is 0.123 e. The molecule has 0 aliphatic heterocycles. The van der Waals surface area contributed by atoms with E-state index in [2.05, 4.69) is 223 Å². The van der Waals surface area contributed by atoms with Gasteiger partial charge in [-0.15, -0.1) is 0 Å². The van der Waals surface area contributed by atoms with Gasteiger partial charge in [-0.2, -0.15) is 0 Å². The maximum absolute atomic E-state index is 15.7. The molecule has 1 atom stereocenters. The SMILES string of the molecule is CC(C)c1c(-c2ccc(F)cc2)c(C2Cc3ccccc3-c3ccc4c(c3C2)c2ccccc2n4-c2ccccc2)c(-c2ccc(F)cc2)c(C(C)C)c1-n1c2ccccc2c2ccc3c(c4ccccc4n3-c3ccccc3)c21. The van der Waals surface area contributed by atoms with Crippen LogP contribution in [0, 0.1) is 11.6 Å². The molecule has 0 radical (unpaired) electrons. The first-order valence-corrected chi connectivity index (χ1v) is 28.2. The van der Waals surface area contributed by atoms with Gasteiger partial charge in [0.2, 0.25) is 0 Å². The summed E-state index contributed by atoms with van der Waals surface area (Å²) in [4.78, 5) is 0. The average Bonchev–Trinajstić information content (AvgIpc) is 4.19. The number of benzene rings is 11. The Balaban J connectivity index is 1.13. The summed E-state index contributed by atoms with van der Waals surface area (Å²) < 4.78 is 38.8. The predicted octanol–water partition coefficient (Wildman–Crippen LogP) is 20.4. The maximum Gasteiger partial charge on any atom is 0.123 e. The molecule has 0 amide bonds. The van der Waals surface area contributed by atoms with Crippen LogP contribution in [0.3, 0.4) is 0 Å². The predicted molar refractivity (Wildman–Crippen MR) is 330 cm³/mol. The van der Waals surface area contributed by atoms with E-state index in [1.807, 2.05) is 24.3 Å². The standard InChI is InChI=1S/C75H57F2N3/c1-45(2)67-69(47-31-35-51(76)36-32-47)71(50-43-49-19-11-12-24-55(49)56-39-41-65-72(61(56)44-50)59-26-14-17-29-63(59)78(65)53-20-7-5-8-21-53)70(48-33-37-52(77)38-34-48)68(46(3)4)75(67)80-62-28-16-13-25-57(62)58-40-42-66-73(74(58)80)60-27-15-18-30-64(60)79(66)54-22-9-6-10-23-54/h5-42,45-46,50H,43-44H2,1-4H3. The Labute approximate surface area is 464 Å². The number of halogens is 2. The van der Waals surface area contributed by atoms with Crippen molar-refractivity contribution < 1.29 is 8.78 Å². The number of aromatic nitrogens is 3. The summed E-state index contributed by atoms with van der Waals surface area (Å²) in [7, 11) is 0. The highest BCUT2D eigenvalue weighted by atomic mass is 19.1. The first kappa shape index (κ1) is 47.9. The largest absolute Gasteiger partial charge is 0.309 e. The van der Waals surface area contributed by atoms with Gasteiger partial charge in [-0.25, -0.2) is 8.78 Å². The van der Waals surface area contributed by atoms with Crippen LogP contribution in [-0.2, 0) is 12.8 Å². The van der Waals surface area contributed by atoms with Gasteiger partial charge in [-0.3, -0.25) is 0 Å². The number of hydrogen-bond acceptors (Lipinski definition) is 0. The molecule has 14 aromatic rings. The molecule has 0 fully saturated rings. The van der Waals surface area contributed by atoms with Gasteiger partial charge < -0.3 is 13.7 Å². The molecule has 1 aliphatic carbocycles. The van der Waals surface area contributed by atoms with Gasteiger partial charge >= 0.3 is 0 Å². The number of para-hydroxylation sites is 5. The van der Waals surface area contributed by atoms with Gasteiger partial charge in [0.25, 0.3) is 0 Å². The first-order chi connectivity index (χ1) is 39.2. The molecule has 386 valence electrons. The number of hydrogen-bond donors (Lipinski definition) is 0. The van der Waals surface area contributed by atoms with Crippen molar-refractivity contribution in [2.45, 2.75) is 58.3 Å². The second-order valence-electron chi connectivity index (χ2n) is 22.5. The van der Waals surface area contributed by atoms with Crippen LogP contribution in [0.4, 0.5) is 8.78 Å². The van der Waals surface area contributed by atoms with Gasteiger partial charge in [-0.1, -0.05) is 179 Å². The van der Waals surface area contributed by atoms with Crippen LogP contribution >= 0.6 is 0 Å². The van der Waals surface area contributed by atoms with Crippen LogP contribution in [0.15, 0.2) is 231 Å². The third-order valence-electron chi connectivity index (χ3n) is 17.3. The second-order valence-corrected chi connectivity index (χ2v) is 22.5. The van der Waals surface area contributed by atoms with Gasteiger partial charge in [0.1, 0.15) is 11.6 Å². The molecule has 0 N–H and O–H groups in total. The fourth-order valence-electron chi connectivity index (χ4n) is 14.2. The highest BCUT2D eigenvalue weighted by molar-refractivity contribution is 6.26. The zero-order valence-corrected chi connectivity index (χ0v) is 45.2. The molecule has 1 aliphatic rings. The van der Waals surface area contributed by atoms with Crippen molar-refractivity contribution in [3.05, 3.63) is 270 Å². The Morgan fingerprint density at radius 3 is 1.40 bits per heavy atom. The van der Waals surface area contributed by atoms with Crippen molar-refractivity contribution in [1.29, 1.82) is 0 Å². The van der Waals surface area contributed by atoms with E-state index in [4.69, 9.17) is 0 Å². The normalized spacial score (nSPS) is 13.6. The second kappa shape index (κ2) is 18.7. The molecular formula is C75H57F2N3. The summed E-state index contributed by atoms with van der Waals surface area (Å²) in [5.74, 6) is -0.711.